The summed E-state index contributed by atoms with van der Waals surface area (Å²) in [6.07, 6.45) is 1.91. The number of ether oxygens (including phenoxy) is 2. The molecule has 2 heterocycles. The molecule has 10 heteroatoms. The van der Waals surface area contributed by atoms with Crippen molar-refractivity contribution in [3.8, 4) is 11.5 Å². The summed E-state index contributed by atoms with van der Waals surface area (Å²) in [7, 11) is -0.0409. The Morgan fingerprint density at radius 2 is 1.90 bits per heavy atom. The highest BCUT2D eigenvalue weighted by molar-refractivity contribution is 7.88. The summed E-state index contributed by atoms with van der Waals surface area (Å²) in [5.74, 6) is 3.23. The summed E-state index contributed by atoms with van der Waals surface area (Å²) in [6.45, 7) is 6.99. The predicted molar refractivity (Wildman–Crippen MR) is 114 cm³/mol. The molecule has 0 amide bonds. The van der Waals surface area contributed by atoms with Crippen molar-refractivity contribution in [2.24, 2.45) is 5.92 Å². The van der Waals surface area contributed by atoms with Crippen LogP contribution in [0.15, 0.2) is 18.2 Å². The number of fused-ring (bicyclic) bond motifs is 1. The maximum absolute atomic E-state index is 11.8. The Morgan fingerprint density at radius 1 is 1.13 bits per heavy atom. The summed E-state index contributed by atoms with van der Waals surface area (Å²) >= 11 is 0. The van der Waals surface area contributed by atoms with Gasteiger partial charge < -0.3 is 14.0 Å². The molecule has 3 rings (SSSR count). The van der Waals surface area contributed by atoms with E-state index in [1.54, 1.807) is 14.2 Å². The lowest BCUT2D eigenvalue weighted by molar-refractivity contribution is 0.263. The number of methoxy groups -OCH3 is 2. The van der Waals surface area contributed by atoms with Gasteiger partial charge >= 0.3 is 0 Å². The molecule has 0 bridgehead atoms. The fourth-order valence-electron chi connectivity index (χ4n) is 3.74. The normalized spacial score (nSPS) is 16.2. The lowest BCUT2D eigenvalue weighted by Gasteiger charge is -2.23. The van der Waals surface area contributed by atoms with E-state index in [0.29, 0.717) is 12.4 Å². The van der Waals surface area contributed by atoms with E-state index >= 15 is 0 Å². The minimum absolute atomic E-state index is 0.0495. The van der Waals surface area contributed by atoms with Gasteiger partial charge in [0.05, 0.1) is 26.5 Å². The molecule has 0 aliphatic carbocycles. The number of hydrogen-bond donors (Lipinski definition) is 1. The van der Waals surface area contributed by atoms with E-state index in [4.69, 9.17) is 9.47 Å². The zero-order chi connectivity index (χ0) is 21.9. The van der Waals surface area contributed by atoms with Crippen molar-refractivity contribution in [3.05, 3.63) is 35.4 Å². The van der Waals surface area contributed by atoms with E-state index < -0.39 is 16.1 Å². The van der Waals surface area contributed by atoms with Gasteiger partial charge in [-0.2, -0.15) is 0 Å². The first-order chi connectivity index (χ1) is 14.2. The van der Waals surface area contributed by atoms with Crippen LogP contribution in [0.1, 0.15) is 37.1 Å². The highest BCUT2D eigenvalue weighted by Crippen LogP contribution is 2.27. The summed E-state index contributed by atoms with van der Waals surface area (Å²) < 4.78 is 39.3. The third kappa shape index (κ3) is 5.30. The molecule has 166 valence electrons. The molecule has 1 aliphatic heterocycles. The molecule has 2 aromatic rings. The molecule has 1 atom stereocenters. The van der Waals surface area contributed by atoms with Gasteiger partial charge in [0, 0.05) is 38.2 Å². The minimum atomic E-state index is -3.36. The van der Waals surface area contributed by atoms with Crippen LogP contribution in [0.5, 0.6) is 11.5 Å². The van der Waals surface area contributed by atoms with Gasteiger partial charge in [0.25, 0.3) is 0 Å². The lowest BCUT2D eigenvalue weighted by Crippen LogP contribution is -2.33. The van der Waals surface area contributed by atoms with Crippen LogP contribution < -0.4 is 14.2 Å². The van der Waals surface area contributed by atoms with Gasteiger partial charge in [-0.3, -0.25) is 4.90 Å². The van der Waals surface area contributed by atoms with Gasteiger partial charge in [-0.15, -0.1) is 10.2 Å². The van der Waals surface area contributed by atoms with E-state index in [2.05, 4.69) is 24.4 Å². The SMILES string of the molecule is COc1ccc(OC)c(CN2CCc3nnc(C(NS(C)(=O)=O)C(C)C)n3CC2)c1. The highest BCUT2D eigenvalue weighted by atomic mass is 32.2. The standard InChI is InChI=1S/C20H31N5O4S/c1-14(2)19(23-30(5,26)27)20-22-21-18-8-9-24(10-11-25(18)20)13-15-12-16(28-3)6-7-17(15)29-4/h6-7,12,14,19,23H,8-11,13H2,1-5H3. The molecule has 0 saturated heterocycles. The van der Waals surface area contributed by atoms with Crippen LogP contribution in [0.25, 0.3) is 0 Å². The van der Waals surface area contributed by atoms with Gasteiger partial charge in [0.2, 0.25) is 10.0 Å². The second kappa shape index (κ2) is 9.32. The third-order valence-corrected chi connectivity index (χ3v) is 6.00. The molecule has 1 aliphatic rings. The van der Waals surface area contributed by atoms with E-state index in [1.807, 2.05) is 32.0 Å². The summed E-state index contributed by atoms with van der Waals surface area (Å²) in [4.78, 5) is 2.34. The quantitative estimate of drug-likeness (QED) is 0.670. The molecular formula is C20H31N5O4S. The molecule has 0 spiro atoms. The highest BCUT2D eigenvalue weighted by Gasteiger charge is 2.28. The van der Waals surface area contributed by atoms with Crippen molar-refractivity contribution in [1.29, 1.82) is 0 Å². The van der Waals surface area contributed by atoms with Crippen molar-refractivity contribution < 1.29 is 17.9 Å². The number of aromatic nitrogens is 3. The molecule has 1 aromatic carbocycles. The van der Waals surface area contributed by atoms with Crippen LogP contribution in [0.2, 0.25) is 0 Å². The van der Waals surface area contributed by atoms with Gasteiger partial charge in [0.1, 0.15) is 17.3 Å². The molecule has 1 N–H and O–H groups in total. The Kier molecular flexibility index (Phi) is 6.99. The van der Waals surface area contributed by atoms with Gasteiger partial charge in [-0.05, 0) is 24.1 Å². The molecule has 1 unspecified atom stereocenters. The molecule has 0 fully saturated rings. The third-order valence-electron chi connectivity index (χ3n) is 5.31. The number of rotatable bonds is 8. The first-order valence-corrected chi connectivity index (χ1v) is 11.9. The molecule has 9 nitrogen and oxygen atoms in total. The van der Waals surface area contributed by atoms with E-state index in [9.17, 15) is 8.42 Å². The number of nitrogens with one attached hydrogen (secondary N) is 1. The number of hydrogen-bond acceptors (Lipinski definition) is 7. The number of benzene rings is 1. The minimum Gasteiger partial charge on any atom is -0.497 e. The molecule has 1 aromatic heterocycles. The Balaban J connectivity index is 1.78. The van der Waals surface area contributed by atoms with E-state index in [1.165, 1.54) is 6.26 Å². The second-order valence-corrected chi connectivity index (χ2v) is 9.72. The Labute approximate surface area is 178 Å². The van der Waals surface area contributed by atoms with Crippen LogP contribution in [0.4, 0.5) is 0 Å². The van der Waals surface area contributed by atoms with Crippen molar-refractivity contribution in [1.82, 2.24) is 24.4 Å². The van der Waals surface area contributed by atoms with Crippen molar-refractivity contribution in [2.75, 3.05) is 33.6 Å². The van der Waals surface area contributed by atoms with Gasteiger partial charge in [-0.25, -0.2) is 13.1 Å². The van der Waals surface area contributed by atoms with Crippen LogP contribution in [-0.4, -0.2) is 61.6 Å². The van der Waals surface area contributed by atoms with Crippen molar-refractivity contribution >= 4 is 10.0 Å². The first kappa shape index (κ1) is 22.5. The largest absolute Gasteiger partial charge is 0.497 e. The zero-order valence-electron chi connectivity index (χ0n) is 18.3. The van der Waals surface area contributed by atoms with Gasteiger partial charge in [0.15, 0.2) is 5.82 Å². The van der Waals surface area contributed by atoms with Crippen LogP contribution in [-0.2, 0) is 29.5 Å². The molecule has 30 heavy (non-hydrogen) atoms. The van der Waals surface area contributed by atoms with Crippen LogP contribution in [0.3, 0.4) is 0 Å². The second-order valence-electron chi connectivity index (χ2n) is 7.94. The average molecular weight is 438 g/mol. The monoisotopic (exact) mass is 437 g/mol. The van der Waals surface area contributed by atoms with E-state index in [-0.39, 0.29) is 5.92 Å². The maximum atomic E-state index is 11.8. The Morgan fingerprint density at radius 3 is 2.53 bits per heavy atom. The summed E-state index contributed by atoms with van der Waals surface area (Å²) in [5, 5.41) is 8.69. The number of nitrogens with zero attached hydrogens (tertiary/aromatic N) is 4. The summed E-state index contributed by atoms with van der Waals surface area (Å²) in [6, 6.07) is 5.40. The fraction of sp³-hybridized carbons (Fsp3) is 0.600. The zero-order valence-corrected chi connectivity index (χ0v) is 19.1. The average Bonchev–Trinajstić information content (AvgIpc) is 2.99. The fourth-order valence-corrected chi connectivity index (χ4v) is 4.58. The van der Waals surface area contributed by atoms with Crippen LogP contribution >= 0.6 is 0 Å². The van der Waals surface area contributed by atoms with Gasteiger partial charge in [-0.1, -0.05) is 13.8 Å². The van der Waals surface area contributed by atoms with Crippen molar-refractivity contribution in [3.63, 3.8) is 0 Å². The smallest absolute Gasteiger partial charge is 0.209 e. The predicted octanol–water partition coefficient (Wildman–Crippen LogP) is 1.60. The maximum Gasteiger partial charge on any atom is 0.209 e. The van der Waals surface area contributed by atoms with E-state index in [0.717, 1.165) is 48.9 Å². The molecule has 0 radical (unpaired) electrons. The molecular weight excluding hydrogens is 406 g/mol. The molecule has 0 saturated carbocycles. The number of sulfonamides is 1. The Bertz CT molecular complexity index is 974. The first-order valence-electron chi connectivity index (χ1n) is 10.0. The topological polar surface area (TPSA) is 98.6 Å². The Hall–Kier alpha value is -2.17. The lowest BCUT2D eigenvalue weighted by atomic mass is 10.1. The van der Waals surface area contributed by atoms with Crippen LogP contribution in [0, 0.1) is 5.92 Å². The van der Waals surface area contributed by atoms with Crippen molar-refractivity contribution in [2.45, 2.75) is 39.4 Å². The summed E-state index contributed by atoms with van der Waals surface area (Å²) in [5.41, 5.74) is 1.06.